The first-order chi connectivity index (χ1) is 11.7. The predicted octanol–water partition coefficient (Wildman–Crippen LogP) is 4.79. The van der Waals surface area contributed by atoms with Gasteiger partial charge in [-0.15, -0.1) is 11.3 Å². The van der Waals surface area contributed by atoms with E-state index in [1.807, 2.05) is 23.3 Å². The van der Waals surface area contributed by atoms with Gasteiger partial charge in [0, 0.05) is 17.0 Å². The number of amides is 1. The van der Waals surface area contributed by atoms with Gasteiger partial charge in [0.2, 0.25) is 0 Å². The van der Waals surface area contributed by atoms with Crippen molar-refractivity contribution >= 4 is 28.8 Å². The third-order valence-electron chi connectivity index (χ3n) is 4.15. The van der Waals surface area contributed by atoms with Crippen molar-refractivity contribution in [1.29, 1.82) is 0 Å². The molecule has 1 atom stereocenters. The monoisotopic (exact) mass is 365 g/mol. The Morgan fingerprint density at radius 2 is 2.29 bits per heavy atom. The molecule has 1 aliphatic rings. The van der Waals surface area contributed by atoms with Crippen molar-refractivity contribution in [2.75, 3.05) is 20.3 Å². The first-order valence-corrected chi connectivity index (χ1v) is 9.26. The molecule has 1 aromatic carbocycles. The van der Waals surface area contributed by atoms with E-state index >= 15 is 0 Å². The summed E-state index contributed by atoms with van der Waals surface area (Å²) in [6, 6.07) is 7.64. The fraction of sp³-hybridized carbons (Fsp3) is 0.389. The number of methoxy groups -OCH3 is 1. The number of thiophene rings is 1. The number of benzene rings is 1. The van der Waals surface area contributed by atoms with E-state index in [0.717, 1.165) is 19.4 Å². The molecule has 128 valence electrons. The van der Waals surface area contributed by atoms with Crippen LogP contribution in [-0.2, 0) is 0 Å². The molecule has 1 saturated heterocycles. The first kappa shape index (κ1) is 17.1. The molecule has 2 heterocycles. The molecule has 0 bridgehead atoms. The average Bonchev–Trinajstić information content (AvgIpc) is 3.26. The van der Waals surface area contributed by atoms with Gasteiger partial charge in [0.15, 0.2) is 11.5 Å². The van der Waals surface area contributed by atoms with E-state index < -0.39 is 0 Å². The Kier molecular flexibility index (Phi) is 5.31. The Bertz CT molecular complexity index is 717. The van der Waals surface area contributed by atoms with E-state index in [4.69, 9.17) is 21.1 Å². The highest BCUT2D eigenvalue weighted by Gasteiger charge is 2.32. The van der Waals surface area contributed by atoms with Crippen LogP contribution in [-0.4, -0.2) is 31.1 Å². The average molecular weight is 366 g/mol. The number of ether oxygens (including phenoxy) is 2. The molecule has 0 spiro atoms. The Hall–Kier alpha value is -1.72. The summed E-state index contributed by atoms with van der Waals surface area (Å²) in [5, 5.41) is 2.44. The van der Waals surface area contributed by atoms with Crippen LogP contribution < -0.4 is 9.47 Å². The predicted molar refractivity (Wildman–Crippen MR) is 96.5 cm³/mol. The highest BCUT2D eigenvalue weighted by Crippen LogP contribution is 2.39. The lowest BCUT2D eigenvalue weighted by Crippen LogP contribution is -2.30. The van der Waals surface area contributed by atoms with Crippen LogP contribution in [0.4, 0.5) is 0 Å². The number of carbonyl (C=O) groups is 1. The number of hydrogen-bond acceptors (Lipinski definition) is 4. The minimum absolute atomic E-state index is 0.0193. The SMILES string of the molecule is CCOc1c(Cl)cc(C(=O)N2CCCC2c2cccs2)cc1OC. The minimum atomic E-state index is -0.0193. The summed E-state index contributed by atoms with van der Waals surface area (Å²) >= 11 is 8.00. The van der Waals surface area contributed by atoms with Crippen LogP contribution in [0.25, 0.3) is 0 Å². The van der Waals surface area contributed by atoms with Crippen LogP contribution in [0.2, 0.25) is 5.02 Å². The van der Waals surface area contributed by atoms with Crippen LogP contribution in [0.1, 0.15) is 41.0 Å². The second kappa shape index (κ2) is 7.45. The molecule has 1 fully saturated rings. The van der Waals surface area contributed by atoms with Gasteiger partial charge in [0.05, 0.1) is 24.8 Å². The molecule has 4 nitrogen and oxygen atoms in total. The highest BCUT2D eigenvalue weighted by molar-refractivity contribution is 7.10. The summed E-state index contributed by atoms with van der Waals surface area (Å²) in [5.74, 6) is 0.947. The molecular formula is C18H20ClNO3S. The zero-order valence-corrected chi connectivity index (χ0v) is 15.3. The second-order valence-electron chi connectivity index (χ2n) is 5.59. The summed E-state index contributed by atoms with van der Waals surface area (Å²) in [4.78, 5) is 16.2. The topological polar surface area (TPSA) is 38.8 Å². The lowest BCUT2D eigenvalue weighted by atomic mass is 10.1. The van der Waals surface area contributed by atoms with Crippen molar-refractivity contribution in [3.8, 4) is 11.5 Å². The van der Waals surface area contributed by atoms with Crippen LogP contribution in [0, 0.1) is 0 Å². The van der Waals surface area contributed by atoms with Gasteiger partial charge < -0.3 is 14.4 Å². The molecule has 0 N–H and O–H groups in total. The van der Waals surface area contributed by atoms with Gasteiger partial charge in [-0.3, -0.25) is 4.79 Å². The molecule has 0 saturated carbocycles. The molecule has 1 amide bonds. The van der Waals surface area contributed by atoms with E-state index in [1.54, 1.807) is 30.6 Å². The van der Waals surface area contributed by atoms with Crippen molar-refractivity contribution in [3.05, 3.63) is 45.1 Å². The molecule has 0 radical (unpaired) electrons. The Labute approximate surface area is 150 Å². The number of likely N-dealkylation sites (tertiary alicyclic amines) is 1. The Balaban J connectivity index is 1.91. The van der Waals surface area contributed by atoms with Crippen molar-refractivity contribution in [3.63, 3.8) is 0 Å². The van der Waals surface area contributed by atoms with Gasteiger partial charge >= 0.3 is 0 Å². The van der Waals surface area contributed by atoms with Crippen LogP contribution in [0.5, 0.6) is 11.5 Å². The smallest absolute Gasteiger partial charge is 0.254 e. The van der Waals surface area contributed by atoms with Crippen LogP contribution >= 0.6 is 22.9 Å². The quantitative estimate of drug-likeness (QED) is 0.764. The summed E-state index contributed by atoms with van der Waals surface area (Å²) in [7, 11) is 1.55. The fourth-order valence-electron chi connectivity index (χ4n) is 3.08. The van der Waals surface area contributed by atoms with Gasteiger partial charge in [0.25, 0.3) is 5.91 Å². The van der Waals surface area contributed by atoms with Crippen molar-refractivity contribution in [1.82, 2.24) is 4.90 Å². The zero-order valence-electron chi connectivity index (χ0n) is 13.8. The summed E-state index contributed by atoms with van der Waals surface area (Å²) in [5.41, 5.74) is 0.531. The maximum Gasteiger partial charge on any atom is 0.254 e. The van der Waals surface area contributed by atoms with Gasteiger partial charge in [-0.25, -0.2) is 0 Å². The standard InChI is InChI=1S/C18H20ClNO3S/c1-3-23-17-13(19)10-12(11-15(17)22-2)18(21)20-8-4-6-14(20)16-7-5-9-24-16/h5,7,9-11,14H,3-4,6,8H2,1-2H3. The summed E-state index contributed by atoms with van der Waals surface area (Å²) in [6.45, 7) is 3.12. The van der Waals surface area contributed by atoms with Gasteiger partial charge in [-0.1, -0.05) is 17.7 Å². The van der Waals surface area contributed by atoms with E-state index in [-0.39, 0.29) is 11.9 Å². The Morgan fingerprint density at radius 1 is 1.46 bits per heavy atom. The molecule has 1 unspecified atom stereocenters. The molecule has 2 aromatic rings. The summed E-state index contributed by atoms with van der Waals surface area (Å²) < 4.78 is 10.9. The van der Waals surface area contributed by atoms with Gasteiger partial charge in [-0.2, -0.15) is 0 Å². The molecule has 0 aliphatic carbocycles. The number of nitrogens with zero attached hydrogens (tertiary/aromatic N) is 1. The first-order valence-electron chi connectivity index (χ1n) is 8.00. The van der Waals surface area contributed by atoms with Gasteiger partial charge in [-0.05, 0) is 43.3 Å². The number of rotatable bonds is 5. The molecule has 3 rings (SSSR count). The lowest BCUT2D eigenvalue weighted by Gasteiger charge is -2.24. The van der Waals surface area contributed by atoms with Gasteiger partial charge in [0.1, 0.15) is 0 Å². The van der Waals surface area contributed by atoms with E-state index in [0.29, 0.717) is 28.7 Å². The highest BCUT2D eigenvalue weighted by atomic mass is 35.5. The molecular weight excluding hydrogens is 346 g/mol. The summed E-state index contributed by atoms with van der Waals surface area (Å²) in [6.07, 6.45) is 2.00. The largest absolute Gasteiger partial charge is 0.493 e. The third-order valence-corrected chi connectivity index (χ3v) is 5.40. The number of halogens is 1. The normalized spacial score (nSPS) is 17.1. The lowest BCUT2D eigenvalue weighted by molar-refractivity contribution is 0.0737. The van der Waals surface area contributed by atoms with Crippen LogP contribution in [0.3, 0.4) is 0 Å². The number of carbonyl (C=O) groups excluding carboxylic acids is 1. The van der Waals surface area contributed by atoms with Crippen molar-refractivity contribution in [2.45, 2.75) is 25.8 Å². The van der Waals surface area contributed by atoms with E-state index in [2.05, 4.69) is 6.07 Å². The van der Waals surface area contributed by atoms with E-state index in [1.165, 1.54) is 4.88 Å². The number of hydrogen-bond donors (Lipinski definition) is 0. The molecule has 1 aliphatic heterocycles. The minimum Gasteiger partial charge on any atom is -0.493 e. The van der Waals surface area contributed by atoms with Crippen molar-refractivity contribution < 1.29 is 14.3 Å². The molecule has 24 heavy (non-hydrogen) atoms. The second-order valence-corrected chi connectivity index (χ2v) is 6.98. The van der Waals surface area contributed by atoms with Crippen molar-refractivity contribution in [2.24, 2.45) is 0 Å². The fourth-order valence-corrected chi connectivity index (χ4v) is 4.22. The molecule has 1 aromatic heterocycles. The van der Waals surface area contributed by atoms with Crippen LogP contribution in [0.15, 0.2) is 29.6 Å². The maximum atomic E-state index is 13.0. The van der Waals surface area contributed by atoms with E-state index in [9.17, 15) is 4.79 Å². The Morgan fingerprint density at radius 3 is 2.96 bits per heavy atom. The zero-order chi connectivity index (χ0) is 17.1. The maximum absolute atomic E-state index is 13.0. The third kappa shape index (κ3) is 3.23. The molecule has 6 heteroatoms.